The van der Waals surface area contributed by atoms with Crippen LogP contribution >= 0.6 is 0 Å². The summed E-state index contributed by atoms with van der Waals surface area (Å²) in [7, 11) is 2.91. The lowest BCUT2D eigenvalue weighted by atomic mass is 9.92. The molecule has 0 N–H and O–H groups in total. The maximum Gasteiger partial charge on any atom is 0.416 e. The van der Waals surface area contributed by atoms with Gasteiger partial charge >= 0.3 is 12.1 Å². The van der Waals surface area contributed by atoms with Crippen LogP contribution in [-0.4, -0.2) is 26.8 Å². The Morgan fingerprint density at radius 2 is 1.73 bits per heavy atom. The van der Waals surface area contributed by atoms with Gasteiger partial charge < -0.3 is 18.9 Å². The standard InChI is InChI=1S/C29H27F3O5/c1-34-19-5-3-17(4-6-19)13-24-22-10-12-26(23(22)9-11-25(24)29(30,31)32)37-20-7-8-21-18(14-28(33)35-2)16-36-27(21)15-20/h3-9,11,15,18,26H,10,12-14,16H2,1-2H3/t18-,26-/m1/s1. The van der Waals surface area contributed by atoms with Gasteiger partial charge in [0.1, 0.15) is 23.4 Å². The molecule has 1 aliphatic heterocycles. The second-order valence-corrected chi connectivity index (χ2v) is 9.32. The number of rotatable bonds is 7. The lowest BCUT2D eigenvalue weighted by Gasteiger charge is -2.20. The van der Waals surface area contributed by atoms with E-state index in [1.54, 1.807) is 43.5 Å². The fraction of sp³-hybridized carbons (Fsp3) is 0.345. The molecule has 37 heavy (non-hydrogen) atoms. The van der Waals surface area contributed by atoms with Gasteiger partial charge in [0.15, 0.2) is 0 Å². The first-order valence-electron chi connectivity index (χ1n) is 12.1. The number of methoxy groups -OCH3 is 2. The second kappa shape index (κ2) is 10.00. The minimum Gasteiger partial charge on any atom is -0.497 e. The van der Waals surface area contributed by atoms with E-state index in [0.717, 1.165) is 16.7 Å². The summed E-state index contributed by atoms with van der Waals surface area (Å²) in [5.41, 5.74) is 2.87. The van der Waals surface area contributed by atoms with Gasteiger partial charge in [0.25, 0.3) is 0 Å². The van der Waals surface area contributed by atoms with Crippen molar-refractivity contribution in [1.82, 2.24) is 0 Å². The van der Waals surface area contributed by atoms with Crippen LogP contribution in [0, 0.1) is 0 Å². The third-order valence-electron chi connectivity index (χ3n) is 7.10. The van der Waals surface area contributed by atoms with Crippen molar-refractivity contribution in [3.63, 3.8) is 0 Å². The Hall–Kier alpha value is -3.68. The Morgan fingerprint density at radius 1 is 1.00 bits per heavy atom. The van der Waals surface area contributed by atoms with Crippen molar-refractivity contribution in [1.29, 1.82) is 0 Å². The number of hydrogen-bond donors (Lipinski definition) is 0. The average Bonchev–Trinajstić information content (AvgIpc) is 3.48. The van der Waals surface area contributed by atoms with Gasteiger partial charge in [-0.3, -0.25) is 4.79 Å². The first kappa shape index (κ1) is 25.0. The molecule has 0 aromatic heterocycles. The largest absolute Gasteiger partial charge is 0.497 e. The fourth-order valence-electron chi connectivity index (χ4n) is 5.22. The SMILES string of the molecule is COC(=O)C[C@@H]1COc2cc(O[C@@H]3CCc4c3ccc(C(F)(F)F)c4Cc3ccc(OC)cc3)ccc21. The van der Waals surface area contributed by atoms with Gasteiger partial charge in [-0.1, -0.05) is 24.3 Å². The number of carbonyl (C=O) groups is 1. The third kappa shape index (κ3) is 5.10. The highest BCUT2D eigenvalue weighted by Gasteiger charge is 2.37. The number of halogens is 3. The van der Waals surface area contributed by atoms with E-state index in [1.807, 2.05) is 12.1 Å². The first-order valence-corrected chi connectivity index (χ1v) is 12.1. The monoisotopic (exact) mass is 512 g/mol. The average molecular weight is 513 g/mol. The van der Waals surface area contributed by atoms with Gasteiger partial charge in [-0.15, -0.1) is 0 Å². The molecule has 194 valence electrons. The van der Waals surface area contributed by atoms with Crippen LogP contribution in [0.25, 0.3) is 0 Å². The molecule has 0 saturated heterocycles. The molecule has 0 saturated carbocycles. The number of fused-ring (bicyclic) bond motifs is 2. The summed E-state index contributed by atoms with van der Waals surface area (Å²) in [5, 5.41) is 0. The summed E-state index contributed by atoms with van der Waals surface area (Å²) in [6.45, 7) is 0.384. The smallest absolute Gasteiger partial charge is 0.416 e. The zero-order valence-corrected chi connectivity index (χ0v) is 20.6. The van der Waals surface area contributed by atoms with Crippen LogP contribution in [0.2, 0.25) is 0 Å². The van der Waals surface area contributed by atoms with E-state index in [0.29, 0.717) is 47.8 Å². The molecule has 5 rings (SSSR count). The second-order valence-electron chi connectivity index (χ2n) is 9.32. The zero-order chi connectivity index (χ0) is 26.2. The minimum absolute atomic E-state index is 0.0787. The van der Waals surface area contributed by atoms with Gasteiger partial charge in [-0.05, 0) is 65.8 Å². The molecule has 1 aliphatic carbocycles. The number of carbonyl (C=O) groups excluding carboxylic acids is 1. The Kier molecular flexibility index (Phi) is 6.75. The third-order valence-corrected chi connectivity index (χ3v) is 7.10. The highest BCUT2D eigenvalue weighted by Crippen LogP contribution is 2.44. The van der Waals surface area contributed by atoms with Crippen molar-refractivity contribution in [3.05, 3.63) is 88.0 Å². The number of hydrogen-bond acceptors (Lipinski definition) is 5. The van der Waals surface area contributed by atoms with Gasteiger partial charge in [0.05, 0.1) is 32.8 Å². The van der Waals surface area contributed by atoms with Crippen molar-refractivity contribution in [3.8, 4) is 17.2 Å². The van der Waals surface area contributed by atoms with Crippen LogP contribution in [0.4, 0.5) is 13.2 Å². The molecule has 2 atom stereocenters. The molecule has 0 spiro atoms. The van der Waals surface area contributed by atoms with Crippen molar-refractivity contribution in [2.24, 2.45) is 0 Å². The molecule has 8 heteroatoms. The Bertz CT molecular complexity index is 1300. The van der Waals surface area contributed by atoms with Crippen molar-refractivity contribution in [2.75, 3.05) is 20.8 Å². The maximum atomic E-state index is 13.9. The van der Waals surface area contributed by atoms with Gasteiger partial charge in [-0.25, -0.2) is 0 Å². The summed E-state index contributed by atoms with van der Waals surface area (Å²) in [4.78, 5) is 11.7. The molecular weight excluding hydrogens is 485 g/mol. The van der Waals surface area contributed by atoms with Crippen molar-refractivity contribution >= 4 is 5.97 Å². The molecular formula is C29H27F3O5. The normalized spacial score (nSPS) is 18.1. The quantitative estimate of drug-likeness (QED) is 0.343. The molecule has 0 unspecified atom stereocenters. The summed E-state index contributed by atoms with van der Waals surface area (Å²) in [6.07, 6.45) is -3.33. The lowest BCUT2D eigenvalue weighted by molar-refractivity contribution is -0.141. The van der Waals surface area contributed by atoms with E-state index in [-0.39, 0.29) is 30.8 Å². The summed E-state index contributed by atoms with van der Waals surface area (Å²) < 4.78 is 63.8. The van der Waals surface area contributed by atoms with Gasteiger partial charge in [0.2, 0.25) is 0 Å². The van der Waals surface area contributed by atoms with Crippen LogP contribution in [-0.2, 0) is 28.5 Å². The zero-order valence-electron chi connectivity index (χ0n) is 20.6. The minimum atomic E-state index is -4.45. The highest BCUT2D eigenvalue weighted by molar-refractivity contribution is 5.71. The molecule has 0 radical (unpaired) electrons. The number of benzene rings is 3. The summed E-state index contributed by atoms with van der Waals surface area (Å²) >= 11 is 0. The predicted octanol–water partition coefficient (Wildman–Crippen LogP) is 6.41. The Labute approximate surface area is 213 Å². The molecule has 3 aromatic rings. The summed E-state index contributed by atoms with van der Waals surface area (Å²) in [6, 6.07) is 15.3. The molecule has 3 aromatic carbocycles. The molecule has 0 fully saturated rings. The topological polar surface area (TPSA) is 54.0 Å². The van der Waals surface area contributed by atoms with E-state index in [1.165, 1.54) is 13.2 Å². The molecule has 5 nitrogen and oxygen atoms in total. The number of esters is 1. The van der Waals surface area contributed by atoms with Crippen LogP contribution in [0.1, 0.15) is 58.2 Å². The fourth-order valence-corrected chi connectivity index (χ4v) is 5.22. The van der Waals surface area contributed by atoms with Gasteiger partial charge in [0, 0.05) is 17.5 Å². The molecule has 0 amide bonds. The van der Waals surface area contributed by atoms with E-state index >= 15 is 0 Å². The van der Waals surface area contributed by atoms with Crippen LogP contribution in [0.5, 0.6) is 17.2 Å². The Balaban J connectivity index is 1.40. The van der Waals surface area contributed by atoms with E-state index < -0.39 is 11.7 Å². The van der Waals surface area contributed by atoms with Gasteiger partial charge in [-0.2, -0.15) is 13.2 Å². The van der Waals surface area contributed by atoms with Crippen LogP contribution < -0.4 is 14.2 Å². The van der Waals surface area contributed by atoms with Crippen molar-refractivity contribution in [2.45, 2.75) is 43.9 Å². The summed E-state index contributed by atoms with van der Waals surface area (Å²) in [5.74, 6) is 1.50. The molecule has 2 aliphatic rings. The predicted molar refractivity (Wildman–Crippen MR) is 130 cm³/mol. The molecule has 0 bridgehead atoms. The number of ether oxygens (including phenoxy) is 4. The molecule has 1 heterocycles. The Morgan fingerprint density at radius 3 is 2.43 bits per heavy atom. The van der Waals surface area contributed by atoms with Crippen LogP contribution in [0.15, 0.2) is 54.6 Å². The van der Waals surface area contributed by atoms with E-state index in [9.17, 15) is 18.0 Å². The lowest BCUT2D eigenvalue weighted by Crippen LogP contribution is -2.13. The first-order chi connectivity index (χ1) is 17.8. The van der Waals surface area contributed by atoms with Crippen LogP contribution in [0.3, 0.4) is 0 Å². The van der Waals surface area contributed by atoms with E-state index in [4.69, 9.17) is 18.9 Å². The van der Waals surface area contributed by atoms with E-state index in [2.05, 4.69) is 0 Å². The maximum absolute atomic E-state index is 13.9. The van der Waals surface area contributed by atoms with Crippen molar-refractivity contribution < 1.29 is 36.9 Å². The number of alkyl halides is 3. The highest BCUT2D eigenvalue weighted by atomic mass is 19.4.